The summed E-state index contributed by atoms with van der Waals surface area (Å²) in [5.74, 6) is 1.48. The van der Waals surface area contributed by atoms with E-state index in [-0.39, 0.29) is 12.4 Å². The fourth-order valence-electron chi connectivity index (χ4n) is 4.27. The van der Waals surface area contributed by atoms with E-state index in [4.69, 9.17) is 14.5 Å². The van der Waals surface area contributed by atoms with Crippen LogP contribution in [0.5, 0.6) is 0 Å². The van der Waals surface area contributed by atoms with Crippen molar-refractivity contribution < 1.29 is 13.9 Å². The minimum absolute atomic E-state index is 0.230. The van der Waals surface area contributed by atoms with E-state index in [1.54, 1.807) is 13.2 Å². The zero-order valence-electron chi connectivity index (χ0n) is 18.0. The third-order valence-electron chi connectivity index (χ3n) is 5.94. The standard InChI is InChI=1S/C23H36FN3O2/c1-3-25-23(26-15-19-8-9-22(24)20(14-19)17-28-2)27-12-10-21(11-13-27)29-16-18-6-4-5-7-18/h8-9,14,18,21H,3-7,10-13,15-17H2,1-2H3,(H,25,26). The fraction of sp³-hybridized carbons (Fsp3) is 0.696. The summed E-state index contributed by atoms with van der Waals surface area (Å²) >= 11 is 0. The molecule has 0 spiro atoms. The summed E-state index contributed by atoms with van der Waals surface area (Å²) in [6.45, 7) is 6.57. The van der Waals surface area contributed by atoms with E-state index >= 15 is 0 Å². The molecule has 0 aromatic heterocycles. The molecule has 0 radical (unpaired) electrons. The summed E-state index contributed by atoms with van der Waals surface area (Å²) in [5, 5.41) is 3.40. The van der Waals surface area contributed by atoms with Gasteiger partial charge in [0.1, 0.15) is 5.82 Å². The van der Waals surface area contributed by atoms with Crippen LogP contribution >= 0.6 is 0 Å². The summed E-state index contributed by atoms with van der Waals surface area (Å²) in [6, 6.07) is 5.14. The molecule has 1 saturated carbocycles. The van der Waals surface area contributed by atoms with Crippen molar-refractivity contribution in [3.8, 4) is 0 Å². The minimum atomic E-state index is -0.230. The van der Waals surface area contributed by atoms with Gasteiger partial charge in [0.15, 0.2) is 5.96 Å². The number of likely N-dealkylation sites (tertiary alicyclic amines) is 1. The number of guanidine groups is 1. The zero-order chi connectivity index (χ0) is 20.5. The number of benzene rings is 1. The fourth-order valence-corrected chi connectivity index (χ4v) is 4.27. The van der Waals surface area contributed by atoms with Crippen LogP contribution in [0.3, 0.4) is 0 Å². The number of hydrogen-bond donors (Lipinski definition) is 1. The predicted molar refractivity (Wildman–Crippen MR) is 114 cm³/mol. The van der Waals surface area contributed by atoms with E-state index in [0.29, 0.717) is 18.2 Å². The Morgan fingerprint density at radius 3 is 2.66 bits per heavy atom. The Balaban J connectivity index is 1.52. The number of nitrogens with zero attached hydrogens (tertiary/aromatic N) is 2. The molecule has 6 heteroatoms. The highest BCUT2D eigenvalue weighted by atomic mass is 19.1. The molecule has 2 fully saturated rings. The van der Waals surface area contributed by atoms with Crippen LogP contribution in [0, 0.1) is 11.7 Å². The third-order valence-corrected chi connectivity index (χ3v) is 5.94. The lowest BCUT2D eigenvalue weighted by molar-refractivity contribution is 0.00101. The molecule has 0 atom stereocenters. The molecule has 1 aromatic carbocycles. The Morgan fingerprint density at radius 1 is 1.21 bits per heavy atom. The number of nitrogens with one attached hydrogen (secondary N) is 1. The molecule has 5 nitrogen and oxygen atoms in total. The van der Waals surface area contributed by atoms with E-state index in [1.807, 2.05) is 6.07 Å². The highest BCUT2D eigenvalue weighted by Gasteiger charge is 2.23. The van der Waals surface area contributed by atoms with E-state index in [1.165, 1.54) is 31.7 Å². The van der Waals surface area contributed by atoms with Crippen molar-refractivity contribution in [2.24, 2.45) is 10.9 Å². The normalized spacial score (nSPS) is 19.1. The number of halogens is 1. The van der Waals surface area contributed by atoms with Crippen LogP contribution in [-0.4, -0.2) is 50.3 Å². The van der Waals surface area contributed by atoms with Crippen molar-refractivity contribution in [3.05, 3.63) is 35.1 Å². The molecule has 1 saturated heterocycles. The number of ether oxygens (including phenoxy) is 2. The van der Waals surface area contributed by atoms with Crippen molar-refractivity contribution in [1.82, 2.24) is 10.2 Å². The Morgan fingerprint density at radius 2 is 1.97 bits per heavy atom. The zero-order valence-corrected chi connectivity index (χ0v) is 18.0. The Kier molecular flexibility index (Phi) is 8.74. The topological polar surface area (TPSA) is 46.1 Å². The predicted octanol–water partition coefficient (Wildman–Crippen LogP) is 4.11. The molecule has 1 N–H and O–H groups in total. The van der Waals surface area contributed by atoms with E-state index in [0.717, 1.165) is 56.5 Å². The molecule has 1 heterocycles. The molecule has 1 aliphatic heterocycles. The number of methoxy groups -OCH3 is 1. The number of piperidine rings is 1. The molecule has 3 rings (SSSR count). The second-order valence-corrected chi connectivity index (χ2v) is 8.20. The van der Waals surface area contributed by atoms with Crippen molar-refractivity contribution in [2.75, 3.05) is 33.4 Å². The van der Waals surface area contributed by atoms with Crippen LogP contribution in [-0.2, 0) is 22.6 Å². The molecule has 162 valence electrons. The molecule has 0 unspecified atom stereocenters. The minimum Gasteiger partial charge on any atom is -0.380 e. The van der Waals surface area contributed by atoms with Crippen molar-refractivity contribution in [2.45, 2.75) is 64.7 Å². The van der Waals surface area contributed by atoms with E-state index < -0.39 is 0 Å². The first kappa shape index (κ1) is 22.0. The van der Waals surface area contributed by atoms with Gasteiger partial charge in [0, 0.05) is 38.9 Å². The summed E-state index contributed by atoms with van der Waals surface area (Å²) in [4.78, 5) is 7.12. The maximum atomic E-state index is 13.8. The van der Waals surface area contributed by atoms with Gasteiger partial charge in [-0.15, -0.1) is 0 Å². The summed E-state index contributed by atoms with van der Waals surface area (Å²) in [5.41, 5.74) is 1.56. The Labute approximate surface area is 174 Å². The maximum absolute atomic E-state index is 13.8. The average molecular weight is 406 g/mol. The monoisotopic (exact) mass is 405 g/mol. The van der Waals surface area contributed by atoms with Crippen LogP contribution < -0.4 is 5.32 Å². The summed E-state index contributed by atoms with van der Waals surface area (Å²) in [7, 11) is 1.58. The molecular formula is C23H36FN3O2. The van der Waals surface area contributed by atoms with E-state index in [2.05, 4.69) is 17.1 Å². The van der Waals surface area contributed by atoms with Gasteiger partial charge in [-0.05, 0) is 56.2 Å². The lowest BCUT2D eigenvalue weighted by atomic mass is 10.1. The third kappa shape index (κ3) is 6.68. The second kappa shape index (κ2) is 11.5. The van der Waals surface area contributed by atoms with Crippen LogP contribution in [0.1, 0.15) is 56.6 Å². The molecule has 29 heavy (non-hydrogen) atoms. The van der Waals surface area contributed by atoms with Crippen LogP contribution in [0.2, 0.25) is 0 Å². The van der Waals surface area contributed by atoms with Gasteiger partial charge < -0.3 is 19.7 Å². The molecule has 2 aliphatic rings. The van der Waals surface area contributed by atoms with Gasteiger partial charge in [0.05, 0.1) is 19.3 Å². The van der Waals surface area contributed by atoms with Gasteiger partial charge >= 0.3 is 0 Å². The summed E-state index contributed by atoms with van der Waals surface area (Å²) < 4.78 is 25.1. The quantitative estimate of drug-likeness (QED) is 0.522. The van der Waals surface area contributed by atoms with Gasteiger partial charge in [-0.1, -0.05) is 18.9 Å². The summed E-state index contributed by atoms with van der Waals surface area (Å²) in [6.07, 6.45) is 7.89. The van der Waals surface area contributed by atoms with E-state index in [9.17, 15) is 4.39 Å². The van der Waals surface area contributed by atoms with Crippen molar-refractivity contribution in [1.29, 1.82) is 0 Å². The first-order chi connectivity index (χ1) is 14.2. The van der Waals surface area contributed by atoms with Crippen LogP contribution in [0.25, 0.3) is 0 Å². The number of hydrogen-bond acceptors (Lipinski definition) is 3. The highest BCUT2D eigenvalue weighted by molar-refractivity contribution is 5.80. The number of aliphatic imine (C=N–C) groups is 1. The SMILES string of the molecule is CCNC(=NCc1ccc(F)c(COC)c1)N1CCC(OCC2CCCC2)CC1. The van der Waals surface area contributed by atoms with Gasteiger partial charge in [-0.2, -0.15) is 0 Å². The molecule has 0 amide bonds. The van der Waals surface area contributed by atoms with Crippen molar-refractivity contribution in [3.63, 3.8) is 0 Å². The van der Waals surface area contributed by atoms with Crippen molar-refractivity contribution >= 4 is 5.96 Å². The average Bonchev–Trinajstić information content (AvgIpc) is 3.26. The number of rotatable bonds is 8. The van der Waals surface area contributed by atoms with Crippen LogP contribution in [0.4, 0.5) is 4.39 Å². The smallest absolute Gasteiger partial charge is 0.194 e. The van der Waals surface area contributed by atoms with Crippen LogP contribution in [0.15, 0.2) is 23.2 Å². The first-order valence-corrected chi connectivity index (χ1v) is 11.1. The largest absolute Gasteiger partial charge is 0.380 e. The Hall–Kier alpha value is -1.66. The van der Waals surface area contributed by atoms with Gasteiger partial charge in [0.2, 0.25) is 0 Å². The molecule has 1 aliphatic carbocycles. The molecular weight excluding hydrogens is 369 g/mol. The molecule has 0 bridgehead atoms. The van der Waals surface area contributed by atoms with Gasteiger partial charge in [-0.25, -0.2) is 9.38 Å². The maximum Gasteiger partial charge on any atom is 0.194 e. The molecule has 1 aromatic rings. The second-order valence-electron chi connectivity index (χ2n) is 8.20. The van der Waals surface area contributed by atoms with Gasteiger partial charge in [-0.3, -0.25) is 0 Å². The first-order valence-electron chi connectivity index (χ1n) is 11.1. The lowest BCUT2D eigenvalue weighted by Crippen LogP contribution is -2.47. The van der Waals surface area contributed by atoms with Gasteiger partial charge in [0.25, 0.3) is 0 Å². The lowest BCUT2D eigenvalue weighted by Gasteiger charge is -2.34. The highest BCUT2D eigenvalue weighted by Crippen LogP contribution is 2.26. The Bertz CT molecular complexity index is 654.